The third kappa shape index (κ3) is 3.06. The van der Waals surface area contributed by atoms with E-state index < -0.39 is 5.97 Å². The van der Waals surface area contributed by atoms with E-state index in [0.29, 0.717) is 19.5 Å². The highest BCUT2D eigenvalue weighted by molar-refractivity contribution is 5.80. The molecule has 0 saturated heterocycles. The summed E-state index contributed by atoms with van der Waals surface area (Å²) in [5.41, 5.74) is 7.69. The Morgan fingerprint density at radius 2 is 2.06 bits per heavy atom. The molecule has 0 spiro atoms. The van der Waals surface area contributed by atoms with Crippen LogP contribution in [0.25, 0.3) is 0 Å². The first-order valence-corrected chi connectivity index (χ1v) is 5.32. The molecule has 16 heavy (non-hydrogen) atoms. The average molecular weight is 226 g/mol. The standard InChI is InChI=1S/C11H18N2O3/c1-7-5-9(11(12)16)13(6-8(7)2)4-3-10(14)15/h9H,3-6H2,1-2H3,(H2,12,16)(H,14,15). The molecular weight excluding hydrogens is 208 g/mol. The van der Waals surface area contributed by atoms with Crippen LogP contribution in [0.1, 0.15) is 26.7 Å². The summed E-state index contributed by atoms with van der Waals surface area (Å²) < 4.78 is 0. The molecule has 5 heteroatoms. The Balaban J connectivity index is 2.72. The molecule has 1 rings (SSSR count). The summed E-state index contributed by atoms with van der Waals surface area (Å²) in [5.74, 6) is -1.23. The van der Waals surface area contributed by atoms with Gasteiger partial charge in [-0.3, -0.25) is 14.5 Å². The quantitative estimate of drug-likeness (QED) is 0.678. The highest BCUT2D eigenvalue weighted by Crippen LogP contribution is 2.22. The number of carbonyl (C=O) groups is 2. The molecule has 1 aliphatic rings. The van der Waals surface area contributed by atoms with Crippen LogP contribution in [0.4, 0.5) is 0 Å². The van der Waals surface area contributed by atoms with Crippen molar-refractivity contribution >= 4 is 11.9 Å². The van der Waals surface area contributed by atoms with E-state index in [2.05, 4.69) is 0 Å². The van der Waals surface area contributed by atoms with Crippen molar-refractivity contribution < 1.29 is 14.7 Å². The topological polar surface area (TPSA) is 83.6 Å². The van der Waals surface area contributed by atoms with Gasteiger partial charge in [0.15, 0.2) is 0 Å². The summed E-state index contributed by atoms with van der Waals surface area (Å²) in [4.78, 5) is 23.6. The van der Waals surface area contributed by atoms with Gasteiger partial charge in [-0.15, -0.1) is 0 Å². The Bertz CT molecular complexity index is 336. The number of amides is 1. The van der Waals surface area contributed by atoms with Crippen LogP contribution >= 0.6 is 0 Å². The van der Waals surface area contributed by atoms with Gasteiger partial charge >= 0.3 is 5.97 Å². The zero-order valence-corrected chi connectivity index (χ0v) is 9.69. The summed E-state index contributed by atoms with van der Waals surface area (Å²) in [7, 11) is 0. The Morgan fingerprint density at radius 3 is 2.56 bits per heavy atom. The fraction of sp³-hybridized carbons (Fsp3) is 0.636. The van der Waals surface area contributed by atoms with Gasteiger partial charge < -0.3 is 10.8 Å². The second-order valence-electron chi connectivity index (χ2n) is 4.30. The fourth-order valence-electron chi connectivity index (χ4n) is 1.90. The largest absolute Gasteiger partial charge is 0.481 e. The van der Waals surface area contributed by atoms with Crippen molar-refractivity contribution in [2.75, 3.05) is 13.1 Å². The van der Waals surface area contributed by atoms with E-state index in [4.69, 9.17) is 10.8 Å². The van der Waals surface area contributed by atoms with Gasteiger partial charge in [0.05, 0.1) is 12.5 Å². The molecule has 90 valence electrons. The summed E-state index contributed by atoms with van der Waals surface area (Å²) in [5, 5.41) is 8.63. The maximum absolute atomic E-state index is 11.3. The van der Waals surface area contributed by atoms with Gasteiger partial charge in [0.2, 0.25) is 5.91 Å². The van der Waals surface area contributed by atoms with Gasteiger partial charge in [-0.1, -0.05) is 11.1 Å². The Morgan fingerprint density at radius 1 is 1.44 bits per heavy atom. The van der Waals surface area contributed by atoms with Crippen LogP contribution in [-0.2, 0) is 9.59 Å². The van der Waals surface area contributed by atoms with Crippen molar-refractivity contribution in [2.45, 2.75) is 32.7 Å². The molecule has 1 aliphatic heterocycles. The number of hydrogen-bond donors (Lipinski definition) is 2. The van der Waals surface area contributed by atoms with Crippen molar-refractivity contribution in [3.63, 3.8) is 0 Å². The van der Waals surface area contributed by atoms with E-state index in [1.807, 2.05) is 18.7 Å². The fourth-order valence-corrected chi connectivity index (χ4v) is 1.90. The number of rotatable bonds is 4. The van der Waals surface area contributed by atoms with Crippen LogP contribution in [0.2, 0.25) is 0 Å². The summed E-state index contributed by atoms with van der Waals surface area (Å²) in [6.07, 6.45) is 0.650. The molecular formula is C11H18N2O3. The predicted octanol–water partition coefficient (Wildman–Crippen LogP) is 0.357. The van der Waals surface area contributed by atoms with Crippen LogP contribution in [0.3, 0.4) is 0 Å². The Labute approximate surface area is 94.9 Å². The number of primary amides is 1. The molecule has 3 N–H and O–H groups in total. The highest BCUT2D eigenvalue weighted by Gasteiger charge is 2.28. The normalized spacial score (nSPS) is 22.2. The minimum atomic E-state index is -0.854. The molecule has 1 amide bonds. The second kappa shape index (κ2) is 5.12. The van der Waals surface area contributed by atoms with Crippen molar-refractivity contribution in [3.8, 4) is 0 Å². The van der Waals surface area contributed by atoms with Crippen molar-refractivity contribution in [3.05, 3.63) is 11.1 Å². The van der Waals surface area contributed by atoms with Gasteiger partial charge in [-0.05, 0) is 20.3 Å². The molecule has 0 aromatic carbocycles. The first-order valence-electron chi connectivity index (χ1n) is 5.32. The van der Waals surface area contributed by atoms with E-state index in [-0.39, 0.29) is 18.4 Å². The minimum absolute atomic E-state index is 0.0378. The zero-order chi connectivity index (χ0) is 12.3. The summed E-state index contributed by atoms with van der Waals surface area (Å²) >= 11 is 0. The van der Waals surface area contributed by atoms with Crippen molar-refractivity contribution in [1.29, 1.82) is 0 Å². The van der Waals surface area contributed by atoms with Crippen LogP contribution in [0.5, 0.6) is 0 Å². The third-order valence-corrected chi connectivity index (χ3v) is 3.05. The predicted molar refractivity (Wildman–Crippen MR) is 59.8 cm³/mol. The van der Waals surface area contributed by atoms with E-state index in [1.165, 1.54) is 11.1 Å². The van der Waals surface area contributed by atoms with E-state index in [1.54, 1.807) is 0 Å². The van der Waals surface area contributed by atoms with Crippen molar-refractivity contribution in [1.82, 2.24) is 4.90 Å². The van der Waals surface area contributed by atoms with Crippen LogP contribution in [0, 0.1) is 0 Å². The molecule has 1 heterocycles. The molecule has 1 atom stereocenters. The molecule has 0 radical (unpaired) electrons. The number of aliphatic carboxylic acids is 1. The van der Waals surface area contributed by atoms with E-state index in [9.17, 15) is 9.59 Å². The second-order valence-corrected chi connectivity index (χ2v) is 4.30. The molecule has 0 saturated carbocycles. The van der Waals surface area contributed by atoms with Crippen LogP contribution in [-0.4, -0.2) is 41.0 Å². The van der Waals surface area contributed by atoms with Gasteiger partial charge in [-0.2, -0.15) is 0 Å². The lowest BCUT2D eigenvalue weighted by molar-refractivity contribution is -0.138. The Hall–Kier alpha value is -1.36. The first kappa shape index (κ1) is 12.7. The van der Waals surface area contributed by atoms with Gasteiger partial charge in [-0.25, -0.2) is 0 Å². The van der Waals surface area contributed by atoms with Gasteiger partial charge in [0.25, 0.3) is 0 Å². The molecule has 0 fully saturated rings. The van der Waals surface area contributed by atoms with Crippen molar-refractivity contribution in [2.24, 2.45) is 5.73 Å². The molecule has 0 aromatic heterocycles. The SMILES string of the molecule is CC1=C(C)CN(CCC(=O)O)C(C(N)=O)C1. The molecule has 5 nitrogen and oxygen atoms in total. The average Bonchev–Trinajstić information content (AvgIpc) is 2.18. The third-order valence-electron chi connectivity index (χ3n) is 3.05. The maximum atomic E-state index is 11.3. The van der Waals surface area contributed by atoms with Gasteiger partial charge in [0.1, 0.15) is 0 Å². The van der Waals surface area contributed by atoms with E-state index in [0.717, 1.165) is 0 Å². The maximum Gasteiger partial charge on any atom is 0.304 e. The van der Waals surface area contributed by atoms with E-state index >= 15 is 0 Å². The number of carbonyl (C=O) groups excluding carboxylic acids is 1. The molecule has 0 aromatic rings. The smallest absolute Gasteiger partial charge is 0.304 e. The number of nitrogens with two attached hydrogens (primary N) is 1. The summed E-state index contributed by atoms with van der Waals surface area (Å²) in [6, 6.07) is -0.358. The lowest BCUT2D eigenvalue weighted by Gasteiger charge is -2.34. The molecule has 0 aliphatic carbocycles. The van der Waals surface area contributed by atoms with Crippen LogP contribution < -0.4 is 5.73 Å². The zero-order valence-electron chi connectivity index (χ0n) is 9.69. The van der Waals surface area contributed by atoms with Crippen LogP contribution in [0.15, 0.2) is 11.1 Å². The Kier molecular flexibility index (Phi) is 4.06. The minimum Gasteiger partial charge on any atom is -0.481 e. The molecule has 0 bridgehead atoms. The number of carboxylic acids is 1. The summed E-state index contributed by atoms with van der Waals surface area (Å²) in [6.45, 7) is 4.99. The lowest BCUT2D eigenvalue weighted by atomic mass is 9.95. The number of carboxylic acid groups (broad SMARTS) is 1. The first-order chi connectivity index (χ1) is 7.41. The monoisotopic (exact) mass is 226 g/mol. The molecule has 1 unspecified atom stereocenters. The highest BCUT2D eigenvalue weighted by atomic mass is 16.4. The van der Waals surface area contributed by atoms with Gasteiger partial charge in [0, 0.05) is 13.1 Å². The number of hydrogen-bond acceptors (Lipinski definition) is 3. The number of nitrogens with zero attached hydrogens (tertiary/aromatic N) is 1. The lowest BCUT2D eigenvalue weighted by Crippen LogP contribution is -2.48.